The van der Waals surface area contributed by atoms with Gasteiger partial charge in [0.15, 0.2) is 5.82 Å². The number of H-pyrrole nitrogens is 1. The Morgan fingerprint density at radius 1 is 1.47 bits per heavy atom. The first-order chi connectivity index (χ1) is 8.13. The van der Waals surface area contributed by atoms with Gasteiger partial charge in [-0.2, -0.15) is 0 Å². The number of nitrogens with one attached hydrogen (secondary N) is 1. The van der Waals surface area contributed by atoms with Crippen molar-refractivity contribution in [2.45, 2.75) is 25.7 Å². The molecule has 3 N–H and O–H groups in total. The molecule has 0 aromatic carbocycles. The van der Waals surface area contributed by atoms with E-state index in [2.05, 4.69) is 15.1 Å². The van der Waals surface area contributed by atoms with Gasteiger partial charge in [-0.1, -0.05) is 0 Å². The Bertz CT molecular complexity index is 623. The monoisotopic (exact) mass is 231 g/mol. The fraction of sp³-hybridized carbons (Fsp3) is 0.364. The first-order valence-electron chi connectivity index (χ1n) is 5.57. The molecule has 88 valence electrons. The van der Waals surface area contributed by atoms with Crippen LogP contribution in [0.5, 0.6) is 0 Å². The van der Waals surface area contributed by atoms with Crippen molar-refractivity contribution in [2.75, 3.05) is 5.73 Å². The minimum absolute atomic E-state index is 0.148. The van der Waals surface area contributed by atoms with Gasteiger partial charge >= 0.3 is 0 Å². The largest absolute Gasteiger partial charge is 0.382 e. The molecule has 2 aromatic rings. The molecule has 0 saturated heterocycles. The van der Waals surface area contributed by atoms with Gasteiger partial charge in [-0.15, -0.1) is 5.10 Å². The van der Waals surface area contributed by atoms with Crippen molar-refractivity contribution >= 4 is 5.82 Å². The molecule has 0 bridgehead atoms. The van der Waals surface area contributed by atoms with Gasteiger partial charge in [0.2, 0.25) is 0 Å². The smallest absolute Gasteiger partial charge is 0.253 e. The molecule has 1 fully saturated rings. The first kappa shape index (κ1) is 10.1. The zero-order valence-corrected chi connectivity index (χ0v) is 9.47. The quantitative estimate of drug-likeness (QED) is 0.797. The van der Waals surface area contributed by atoms with Crippen molar-refractivity contribution in [1.82, 2.24) is 19.7 Å². The summed E-state index contributed by atoms with van der Waals surface area (Å²) >= 11 is 0. The summed E-state index contributed by atoms with van der Waals surface area (Å²) < 4.78 is 1.59. The molecule has 0 aliphatic heterocycles. The molecule has 0 spiro atoms. The Labute approximate surface area is 97.5 Å². The van der Waals surface area contributed by atoms with Crippen molar-refractivity contribution < 1.29 is 0 Å². The van der Waals surface area contributed by atoms with E-state index in [1.807, 2.05) is 6.92 Å². The molecule has 1 aliphatic rings. The number of aromatic nitrogens is 4. The number of nitrogens with zero attached hydrogens (tertiary/aromatic N) is 3. The molecule has 2 heterocycles. The average molecular weight is 231 g/mol. The zero-order chi connectivity index (χ0) is 12.0. The predicted molar refractivity (Wildman–Crippen MR) is 63.1 cm³/mol. The molecule has 3 rings (SSSR count). The highest BCUT2D eigenvalue weighted by molar-refractivity contribution is 5.34. The predicted octanol–water partition coefficient (Wildman–Crippen LogP) is 0.724. The SMILES string of the molecule is Cc1cc(N)nn1-c1cc(=O)[nH]c(C2CC2)n1. The Hall–Kier alpha value is -2.11. The standard InChI is InChI=1S/C11H13N5O/c1-6-4-8(12)15-16(6)9-5-10(17)14-11(13-9)7-2-3-7/h4-5,7H,2-3H2,1H3,(H2,12,15)(H,13,14,17). The van der Waals surface area contributed by atoms with Crippen molar-refractivity contribution in [3.05, 3.63) is 34.0 Å². The van der Waals surface area contributed by atoms with Gasteiger partial charge in [0.25, 0.3) is 5.56 Å². The molecule has 0 amide bonds. The van der Waals surface area contributed by atoms with Crippen LogP contribution in [0.15, 0.2) is 16.9 Å². The first-order valence-corrected chi connectivity index (χ1v) is 5.57. The van der Waals surface area contributed by atoms with E-state index in [-0.39, 0.29) is 5.56 Å². The summed E-state index contributed by atoms with van der Waals surface area (Å²) in [6.07, 6.45) is 2.18. The minimum Gasteiger partial charge on any atom is -0.382 e. The molecular weight excluding hydrogens is 218 g/mol. The summed E-state index contributed by atoms with van der Waals surface area (Å²) in [5.41, 5.74) is 6.33. The molecule has 6 heteroatoms. The van der Waals surface area contributed by atoms with Gasteiger partial charge in [0, 0.05) is 23.7 Å². The van der Waals surface area contributed by atoms with Crippen LogP contribution in [0, 0.1) is 6.92 Å². The molecule has 0 unspecified atom stereocenters. The summed E-state index contributed by atoms with van der Waals surface area (Å²) in [6, 6.07) is 3.19. The van der Waals surface area contributed by atoms with E-state index in [4.69, 9.17) is 5.73 Å². The highest BCUT2D eigenvalue weighted by atomic mass is 16.1. The number of aryl methyl sites for hydroxylation is 1. The van der Waals surface area contributed by atoms with Crippen LogP contribution in [-0.2, 0) is 0 Å². The van der Waals surface area contributed by atoms with Gasteiger partial charge in [-0.25, -0.2) is 9.67 Å². The summed E-state index contributed by atoms with van der Waals surface area (Å²) in [7, 11) is 0. The number of hydrogen-bond acceptors (Lipinski definition) is 4. The maximum atomic E-state index is 11.6. The Morgan fingerprint density at radius 3 is 2.82 bits per heavy atom. The van der Waals surface area contributed by atoms with E-state index >= 15 is 0 Å². The van der Waals surface area contributed by atoms with Gasteiger partial charge in [-0.3, -0.25) is 4.79 Å². The summed E-state index contributed by atoms with van der Waals surface area (Å²) in [5.74, 6) is 2.11. The van der Waals surface area contributed by atoms with Crippen molar-refractivity contribution in [3.8, 4) is 5.82 Å². The number of aromatic amines is 1. The van der Waals surface area contributed by atoms with E-state index in [0.29, 0.717) is 17.6 Å². The van der Waals surface area contributed by atoms with Crippen molar-refractivity contribution in [2.24, 2.45) is 0 Å². The molecule has 1 saturated carbocycles. The van der Waals surface area contributed by atoms with Crippen LogP contribution in [0.3, 0.4) is 0 Å². The van der Waals surface area contributed by atoms with E-state index in [9.17, 15) is 4.79 Å². The number of anilines is 1. The van der Waals surface area contributed by atoms with Crippen molar-refractivity contribution in [1.29, 1.82) is 0 Å². The topological polar surface area (TPSA) is 89.6 Å². The maximum Gasteiger partial charge on any atom is 0.253 e. The fourth-order valence-corrected chi connectivity index (χ4v) is 1.85. The lowest BCUT2D eigenvalue weighted by molar-refractivity contribution is 0.785. The van der Waals surface area contributed by atoms with Crippen LogP contribution >= 0.6 is 0 Å². The second-order valence-electron chi connectivity index (χ2n) is 4.39. The summed E-state index contributed by atoms with van der Waals surface area (Å²) in [6.45, 7) is 1.88. The Balaban J connectivity index is 2.13. The zero-order valence-electron chi connectivity index (χ0n) is 9.47. The molecule has 2 aromatic heterocycles. The summed E-state index contributed by atoms with van der Waals surface area (Å²) in [4.78, 5) is 18.8. The van der Waals surface area contributed by atoms with Crippen LogP contribution in [0.2, 0.25) is 0 Å². The lowest BCUT2D eigenvalue weighted by atomic mass is 10.4. The van der Waals surface area contributed by atoms with E-state index in [0.717, 1.165) is 24.4 Å². The van der Waals surface area contributed by atoms with Gasteiger partial charge in [0.1, 0.15) is 11.6 Å². The third-order valence-corrected chi connectivity index (χ3v) is 2.83. The van der Waals surface area contributed by atoms with Crippen LogP contribution in [0.1, 0.15) is 30.3 Å². The lowest BCUT2D eigenvalue weighted by Gasteiger charge is -2.04. The van der Waals surface area contributed by atoms with Crippen molar-refractivity contribution in [3.63, 3.8) is 0 Å². The summed E-state index contributed by atoms with van der Waals surface area (Å²) in [5, 5.41) is 4.12. The van der Waals surface area contributed by atoms with E-state index < -0.39 is 0 Å². The normalized spacial score (nSPS) is 15.1. The van der Waals surface area contributed by atoms with E-state index in [1.165, 1.54) is 6.07 Å². The van der Waals surface area contributed by atoms with Crippen LogP contribution in [-0.4, -0.2) is 19.7 Å². The molecule has 6 nitrogen and oxygen atoms in total. The van der Waals surface area contributed by atoms with Crippen LogP contribution in [0.25, 0.3) is 5.82 Å². The third-order valence-electron chi connectivity index (χ3n) is 2.83. The highest BCUT2D eigenvalue weighted by Gasteiger charge is 2.26. The Morgan fingerprint density at radius 2 is 2.24 bits per heavy atom. The van der Waals surface area contributed by atoms with Gasteiger partial charge in [-0.05, 0) is 19.8 Å². The van der Waals surface area contributed by atoms with Gasteiger partial charge < -0.3 is 10.7 Å². The molecule has 17 heavy (non-hydrogen) atoms. The average Bonchev–Trinajstić information content (AvgIpc) is 3.04. The third kappa shape index (κ3) is 1.82. The maximum absolute atomic E-state index is 11.6. The van der Waals surface area contributed by atoms with Crippen LogP contribution < -0.4 is 11.3 Å². The second kappa shape index (κ2) is 3.44. The van der Waals surface area contributed by atoms with Crippen LogP contribution in [0.4, 0.5) is 5.82 Å². The highest BCUT2D eigenvalue weighted by Crippen LogP contribution is 2.37. The molecular formula is C11H13N5O. The Kier molecular flexibility index (Phi) is 2.04. The number of nitrogen functional groups attached to an aromatic ring is 1. The fourth-order valence-electron chi connectivity index (χ4n) is 1.85. The second-order valence-corrected chi connectivity index (χ2v) is 4.39. The van der Waals surface area contributed by atoms with E-state index in [1.54, 1.807) is 10.7 Å². The minimum atomic E-state index is -0.148. The number of nitrogens with two attached hydrogens (primary N) is 1. The molecule has 0 radical (unpaired) electrons. The van der Waals surface area contributed by atoms with Gasteiger partial charge in [0.05, 0.1) is 0 Å². The number of rotatable bonds is 2. The molecule has 1 aliphatic carbocycles. The molecule has 0 atom stereocenters. The lowest BCUT2D eigenvalue weighted by Crippen LogP contribution is -2.14. The number of hydrogen-bond donors (Lipinski definition) is 2.